The number of aromatic hydroxyl groups is 1. The molecule has 0 saturated carbocycles. The van der Waals surface area contributed by atoms with Crippen molar-refractivity contribution in [1.29, 1.82) is 0 Å². The Morgan fingerprint density at radius 1 is 1.19 bits per heavy atom. The summed E-state index contributed by atoms with van der Waals surface area (Å²) >= 11 is 0. The maximum Gasteiger partial charge on any atom is 0.257 e. The van der Waals surface area contributed by atoms with Gasteiger partial charge in [0.05, 0.1) is 11.8 Å². The molecule has 4 N–H and O–H groups in total. The van der Waals surface area contributed by atoms with Gasteiger partial charge in [0.2, 0.25) is 0 Å². The second-order valence-electron chi connectivity index (χ2n) is 7.39. The molecular weight excluding hydrogens is 466 g/mol. The number of anilines is 1. The van der Waals surface area contributed by atoms with Gasteiger partial charge in [0, 0.05) is 44.6 Å². The van der Waals surface area contributed by atoms with Gasteiger partial charge >= 0.3 is 0 Å². The number of carbonyl (C=O) groups excluding carboxylic acids is 1. The number of nitrogens with one attached hydrogen (secondary N) is 1. The van der Waals surface area contributed by atoms with E-state index in [0.29, 0.717) is 13.0 Å². The molecule has 0 fully saturated rings. The molecule has 1 aliphatic heterocycles. The molecule has 0 bridgehead atoms. The average molecular weight is 510 g/mol. The van der Waals surface area contributed by atoms with Gasteiger partial charge in [-0.3, -0.25) is 4.79 Å². The van der Waals surface area contributed by atoms with Crippen molar-refractivity contribution in [3.05, 3.63) is 90.5 Å². The maximum absolute atomic E-state index is 12.7. The van der Waals surface area contributed by atoms with Gasteiger partial charge in [0.15, 0.2) is 0 Å². The normalized spacial score (nSPS) is 11.4. The van der Waals surface area contributed by atoms with Crippen molar-refractivity contribution in [2.75, 3.05) is 25.5 Å². The van der Waals surface area contributed by atoms with Crippen LogP contribution >= 0.6 is 0 Å². The smallest absolute Gasteiger partial charge is 0.257 e. The molecule has 0 aliphatic carbocycles. The summed E-state index contributed by atoms with van der Waals surface area (Å²) in [4.78, 5) is 18.7. The summed E-state index contributed by atoms with van der Waals surface area (Å²) in [6, 6.07) is 7.02. The van der Waals surface area contributed by atoms with E-state index in [1.165, 1.54) is 11.0 Å². The van der Waals surface area contributed by atoms with Gasteiger partial charge in [-0.05, 0) is 48.2 Å². The van der Waals surface area contributed by atoms with E-state index in [0.717, 1.165) is 40.8 Å². The van der Waals surface area contributed by atoms with Gasteiger partial charge in [-0.2, -0.15) is 0 Å². The van der Waals surface area contributed by atoms with Crippen LogP contribution in [-0.2, 0) is 6.42 Å². The molecule has 0 spiro atoms. The van der Waals surface area contributed by atoms with Crippen molar-refractivity contribution in [3.63, 3.8) is 0 Å². The number of carbonyl (C=O) groups is 1. The van der Waals surface area contributed by atoms with E-state index in [2.05, 4.69) is 16.9 Å². The average Bonchev–Trinajstić information content (AvgIpc) is 2.96. The maximum atomic E-state index is 12.7. The lowest BCUT2D eigenvalue weighted by atomic mass is 9.98. The van der Waals surface area contributed by atoms with E-state index >= 15 is 0 Å². The lowest BCUT2D eigenvalue weighted by molar-refractivity contribution is 0.0783. The highest BCUT2D eigenvalue weighted by molar-refractivity contribution is 5.98. The van der Waals surface area contributed by atoms with Gasteiger partial charge in [0.1, 0.15) is 11.6 Å². The first-order valence-electron chi connectivity index (χ1n) is 12.6. The van der Waals surface area contributed by atoms with Crippen LogP contribution in [0.3, 0.4) is 0 Å². The van der Waals surface area contributed by atoms with Crippen LogP contribution in [0.15, 0.2) is 79.4 Å². The lowest BCUT2D eigenvalue weighted by Gasteiger charge is -2.19. The topological polar surface area (TPSA) is 106 Å². The number of phenolic OH excluding ortho intramolecular Hbond substituents is 1. The minimum Gasteiger partial charge on any atom is -0.516 e. The standard InChI is InChI=1S/C23H25N3O3.C3H6O.2C2H6/c1-3-4-6-16-11-18-12-19(15-25-22(18)24-14-16)17-7-8-21(28)20(13-17)23(29)26(2)9-5-10-27;1-2-3-4;2*1-2/h3-4,6-8,12-15,27-28H,1,5,9-11H2,2H3,(H,24,25);2-4H,1H3;2*1-2H3/b6-4+;3-2+;;. The Morgan fingerprint density at radius 2 is 1.86 bits per heavy atom. The molecule has 7 heteroatoms. The second kappa shape index (κ2) is 19.4. The molecule has 3 rings (SSSR count). The molecule has 2 heterocycles. The number of nitrogens with zero attached hydrogens (tertiary/aromatic N) is 2. The molecule has 0 saturated heterocycles. The molecule has 202 valence electrons. The second-order valence-corrected chi connectivity index (χ2v) is 7.39. The van der Waals surface area contributed by atoms with Crippen molar-refractivity contribution in [3.8, 4) is 16.9 Å². The van der Waals surface area contributed by atoms with Crippen LogP contribution in [-0.4, -0.2) is 51.3 Å². The van der Waals surface area contributed by atoms with Crippen LogP contribution in [0.25, 0.3) is 11.1 Å². The molecular formula is C30H43N3O4. The van der Waals surface area contributed by atoms with Crippen LogP contribution in [0.2, 0.25) is 0 Å². The number of amides is 1. The minimum atomic E-state index is -0.287. The van der Waals surface area contributed by atoms with Crippen LogP contribution in [0.4, 0.5) is 5.82 Å². The first-order valence-corrected chi connectivity index (χ1v) is 12.6. The van der Waals surface area contributed by atoms with Gasteiger partial charge < -0.3 is 25.5 Å². The molecule has 0 unspecified atom stereocenters. The van der Waals surface area contributed by atoms with Gasteiger partial charge in [-0.25, -0.2) is 4.98 Å². The third-order valence-corrected chi connectivity index (χ3v) is 4.91. The lowest BCUT2D eigenvalue weighted by Crippen LogP contribution is -2.28. The Balaban J connectivity index is 0.00000145. The zero-order chi connectivity index (χ0) is 28.2. The minimum absolute atomic E-state index is 0.0108. The molecule has 1 aromatic heterocycles. The summed E-state index contributed by atoms with van der Waals surface area (Å²) in [5.41, 5.74) is 4.06. The fourth-order valence-corrected chi connectivity index (χ4v) is 3.17. The van der Waals surface area contributed by atoms with E-state index in [1.54, 1.807) is 44.5 Å². The van der Waals surface area contributed by atoms with Crippen molar-refractivity contribution in [2.45, 2.75) is 47.5 Å². The monoisotopic (exact) mass is 509 g/mol. The molecule has 1 aromatic carbocycles. The summed E-state index contributed by atoms with van der Waals surface area (Å²) in [5.74, 6) is 0.454. The third kappa shape index (κ3) is 10.8. The summed E-state index contributed by atoms with van der Waals surface area (Å²) < 4.78 is 0. The quantitative estimate of drug-likeness (QED) is 0.246. The molecule has 1 aliphatic rings. The summed E-state index contributed by atoms with van der Waals surface area (Å²) in [5, 5.41) is 30.0. The summed E-state index contributed by atoms with van der Waals surface area (Å²) in [7, 11) is 1.65. The number of benzene rings is 1. The van der Waals surface area contributed by atoms with Crippen LogP contribution < -0.4 is 5.32 Å². The number of aromatic nitrogens is 1. The first kappa shape index (κ1) is 33.2. The van der Waals surface area contributed by atoms with Gasteiger partial charge in [0.25, 0.3) is 5.91 Å². The largest absolute Gasteiger partial charge is 0.516 e. The Hall–Kier alpha value is -3.84. The predicted octanol–water partition coefficient (Wildman–Crippen LogP) is 6.63. The Labute approximate surface area is 222 Å². The molecule has 1 amide bonds. The Kier molecular flexibility index (Phi) is 17.4. The fraction of sp³-hybridized carbons (Fsp3) is 0.333. The highest BCUT2D eigenvalue weighted by atomic mass is 16.3. The Bertz CT molecular complexity index is 1050. The predicted molar refractivity (Wildman–Crippen MR) is 155 cm³/mol. The molecule has 37 heavy (non-hydrogen) atoms. The van der Waals surface area contributed by atoms with E-state index in [9.17, 15) is 9.90 Å². The SMILES string of the molecule is C/C=C/O.C=C/C=C/C1=CNc2ncc(-c3ccc(O)c(C(=O)N(C)CCCO)c3)cc2C1.CC.CC. The van der Waals surface area contributed by atoms with Crippen LogP contribution in [0, 0.1) is 0 Å². The van der Waals surface area contributed by atoms with Gasteiger partial charge in [-0.1, -0.05) is 64.6 Å². The zero-order valence-corrected chi connectivity index (χ0v) is 23.0. The van der Waals surface area contributed by atoms with Crippen molar-refractivity contribution >= 4 is 11.7 Å². The fourth-order valence-electron chi connectivity index (χ4n) is 3.17. The van der Waals surface area contributed by atoms with Crippen LogP contribution in [0.5, 0.6) is 5.75 Å². The number of pyridine rings is 1. The first-order chi connectivity index (χ1) is 17.9. The number of aliphatic hydroxyl groups excluding tert-OH is 2. The zero-order valence-electron chi connectivity index (χ0n) is 23.0. The van der Waals surface area contributed by atoms with E-state index in [4.69, 9.17) is 10.2 Å². The molecule has 2 aromatic rings. The molecule has 0 radical (unpaired) electrons. The Morgan fingerprint density at radius 3 is 2.46 bits per heavy atom. The van der Waals surface area contributed by atoms with E-state index < -0.39 is 0 Å². The van der Waals surface area contributed by atoms with Crippen molar-refractivity contribution < 1.29 is 20.1 Å². The number of rotatable bonds is 7. The summed E-state index contributed by atoms with van der Waals surface area (Å²) in [6.07, 6.45) is 13.1. The van der Waals surface area contributed by atoms with Gasteiger partial charge in [-0.15, -0.1) is 0 Å². The van der Waals surface area contributed by atoms with E-state index in [-0.39, 0.29) is 23.8 Å². The highest BCUT2D eigenvalue weighted by Gasteiger charge is 2.18. The number of phenols is 1. The van der Waals surface area contributed by atoms with E-state index in [1.807, 2.05) is 52.1 Å². The molecule has 7 nitrogen and oxygen atoms in total. The molecule has 0 atom stereocenters. The number of hydrogen-bond donors (Lipinski definition) is 4. The highest BCUT2D eigenvalue weighted by Crippen LogP contribution is 2.30. The van der Waals surface area contributed by atoms with Crippen LogP contribution in [0.1, 0.15) is 57.0 Å². The van der Waals surface area contributed by atoms with Crippen molar-refractivity contribution in [1.82, 2.24) is 9.88 Å². The third-order valence-electron chi connectivity index (χ3n) is 4.91. The van der Waals surface area contributed by atoms with Crippen molar-refractivity contribution in [2.24, 2.45) is 0 Å². The number of fused-ring (bicyclic) bond motifs is 1. The summed E-state index contributed by atoms with van der Waals surface area (Å²) in [6.45, 7) is 13.9. The number of allylic oxidation sites excluding steroid dienone is 5. The number of hydrogen-bond acceptors (Lipinski definition) is 6. The number of aliphatic hydroxyl groups is 2.